The van der Waals surface area contributed by atoms with E-state index in [9.17, 15) is 4.79 Å². The molecule has 2 atom stereocenters. The minimum absolute atomic E-state index is 0.103. The van der Waals surface area contributed by atoms with Crippen molar-refractivity contribution in [1.29, 1.82) is 0 Å². The first kappa shape index (κ1) is 15.5. The van der Waals surface area contributed by atoms with Gasteiger partial charge < -0.3 is 20.3 Å². The summed E-state index contributed by atoms with van der Waals surface area (Å²) in [4.78, 5) is 11.2. The second-order valence-electron chi connectivity index (χ2n) is 4.58. The number of aliphatic hydroxyl groups excluding tert-OH is 1. The first-order valence-electron chi connectivity index (χ1n) is 6.22. The van der Waals surface area contributed by atoms with E-state index in [-0.39, 0.29) is 12.5 Å². The van der Waals surface area contributed by atoms with Gasteiger partial charge >= 0.3 is 5.97 Å². The van der Waals surface area contributed by atoms with E-state index in [4.69, 9.17) is 15.6 Å². The van der Waals surface area contributed by atoms with Crippen LogP contribution in [0.1, 0.15) is 12.5 Å². The van der Waals surface area contributed by atoms with Crippen LogP contribution < -0.4 is 10.5 Å². The molecular weight excluding hydrogens is 246 g/mol. The van der Waals surface area contributed by atoms with Crippen molar-refractivity contribution in [3.05, 3.63) is 29.8 Å². The van der Waals surface area contributed by atoms with E-state index in [1.165, 1.54) is 7.11 Å². The lowest BCUT2D eigenvalue weighted by atomic mass is 10.1. The molecule has 0 saturated heterocycles. The summed E-state index contributed by atoms with van der Waals surface area (Å²) < 4.78 is 10.1. The number of rotatable bonds is 7. The van der Waals surface area contributed by atoms with E-state index in [0.717, 1.165) is 11.3 Å². The molecular formula is C14H21NO4. The van der Waals surface area contributed by atoms with Gasteiger partial charge in [0.25, 0.3) is 0 Å². The SMILES string of the molecule is COC(=O)C(N)Cc1ccc(OCC(C)CO)cc1. The van der Waals surface area contributed by atoms with Gasteiger partial charge in [-0.25, -0.2) is 0 Å². The van der Waals surface area contributed by atoms with E-state index in [1.54, 1.807) is 0 Å². The van der Waals surface area contributed by atoms with E-state index in [1.807, 2.05) is 31.2 Å². The fraction of sp³-hybridized carbons (Fsp3) is 0.500. The van der Waals surface area contributed by atoms with Crippen LogP contribution in [0.25, 0.3) is 0 Å². The summed E-state index contributed by atoms with van der Waals surface area (Å²) in [6, 6.07) is 6.72. The molecule has 0 aromatic heterocycles. The Morgan fingerprint density at radius 2 is 2.00 bits per heavy atom. The third-order valence-corrected chi connectivity index (χ3v) is 2.73. The Kier molecular flexibility index (Phi) is 6.32. The van der Waals surface area contributed by atoms with Gasteiger partial charge in [-0.2, -0.15) is 0 Å². The number of carbonyl (C=O) groups excluding carboxylic acids is 1. The molecule has 0 amide bonds. The van der Waals surface area contributed by atoms with Crippen LogP contribution in [0.2, 0.25) is 0 Å². The summed E-state index contributed by atoms with van der Waals surface area (Å²) in [5.41, 5.74) is 6.63. The van der Waals surface area contributed by atoms with Crippen LogP contribution in [0, 0.1) is 5.92 Å². The van der Waals surface area contributed by atoms with Crippen LogP contribution in [0.3, 0.4) is 0 Å². The predicted octanol–water partition coefficient (Wildman–Crippen LogP) is 0.737. The Hall–Kier alpha value is -1.59. The smallest absolute Gasteiger partial charge is 0.322 e. The molecule has 0 aliphatic heterocycles. The highest BCUT2D eigenvalue weighted by Gasteiger charge is 2.14. The van der Waals surface area contributed by atoms with Crippen molar-refractivity contribution in [2.45, 2.75) is 19.4 Å². The molecule has 1 aromatic rings. The number of methoxy groups -OCH3 is 1. The number of aliphatic hydroxyl groups is 1. The molecule has 2 unspecified atom stereocenters. The van der Waals surface area contributed by atoms with Gasteiger partial charge in [-0.3, -0.25) is 4.79 Å². The van der Waals surface area contributed by atoms with Gasteiger partial charge in [0.05, 0.1) is 13.7 Å². The quantitative estimate of drug-likeness (QED) is 0.712. The number of benzene rings is 1. The van der Waals surface area contributed by atoms with Crippen LogP contribution in [0.15, 0.2) is 24.3 Å². The maximum Gasteiger partial charge on any atom is 0.322 e. The Labute approximate surface area is 113 Å². The lowest BCUT2D eigenvalue weighted by molar-refractivity contribution is -0.142. The average Bonchev–Trinajstić information content (AvgIpc) is 2.45. The van der Waals surface area contributed by atoms with Crippen LogP contribution in [-0.4, -0.2) is 37.4 Å². The number of esters is 1. The van der Waals surface area contributed by atoms with Crippen molar-refractivity contribution >= 4 is 5.97 Å². The summed E-state index contributed by atoms with van der Waals surface area (Å²) in [5, 5.41) is 8.89. The predicted molar refractivity (Wildman–Crippen MR) is 71.9 cm³/mol. The first-order valence-corrected chi connectivity index (χ1v) is 6.22. The number of nitrogens with two attached hydrogens (primary N) is 1. The van der Waals surface area contributed by atoms with Crippen molar-refractivity contribution in [2.24, 2.45) is 11.7 Å². The lowest BCUT2D eigenvalue weighted by Gasteiger charge is -2.12. The molecule has 0 radical (unpaired) electrons. The third kappa shape index (κ3) is 5.28. The molecule has 0 saturated carbocycles. The summed E-state index contributed by atoms with van der Waals surface area (Å²) in [5.74, 6) is 0.417. The summed E-state index contributed by atoms with van der Waals surface area (Å²) in [6.07, 6.45) is 0.431. The maximum absolute atomic E-state index is 11.2. The van der Waals surface area contributed by atoms with Gasteiger partial charge in [0, 0.05) is 12.5 Å². The average molecular weight is 267 g/mol. The van der Waals surface area contributed by atoms with Crippen molar-refractivity contribution in [3.8, 4) is 5.75 Å². The molecule has 3 N–H and O–H groups in total. The van der Waals surface area contributed by atoms with Crippen LogP contribution in [0.4, 0.5) is 0 Å². The Bertz CT molecular complexity index is 391. The fourth-order valence-corrected chi connectivity index (χ4v) is 1.50. The zero-order valence-corrected chi connectivity index (χ0v) is 11.3. The highest BCUT2D eigenvalue weighted by Crippen LogP contribution is 2.14. The molecule has 0 aliphatic rings. The standard InChI is InChI=1S/C14H21NO4/c1-10(8-16)9-19-12-5-3-11(4-6-12)7-13(15)14(17)18-2/h3-6,10,13,16H,7-9,15H2,1-2H3. The number of carbonyl (C=O) groups is 1. The molecule has 106 valence electrons. The molecule has 1 aromatic carbocycles. The third-order valence-electron chi connectivity index (χ3n) is 2.73. The number of hydrogen-bond donors (Lipinski definition) is 2. The van der Waals surface area contributed by atoms with Gasteiger partial charge in [-0.05, 0) is 24.1 Å². The normalized spacial score (nSPS) is 13.7. The zero-order valence-electron chi connectivity index (χ0n) is 11.3. The molecule has 5 nitrogen and oxygen atoms in total. The monoisotopic (exact) mass is 267 g/mol. The van der Waals surface area contributed by atoms with Crippen LogP contribution in [0.5, 0.6) is 5.75 Å². The summed E-state index contributed by atoms with van der Waals surface area (Å²) in [7, 11) is 1.32. The highest BCUT2D eigenvalue weighted by atomic mass is 16.5. The lowest BCUT2D eigenvalue weighted by Crippen LogP contribution is -2.33. The van der Waals surface area contributed by atoms with E-state index in [0.29, 0.717) is 13.0 Å². The molecule has 5 heteroatoms. The van der Waals surface area contributed by atoms with Gasteiger partial charge in [0.2, 0.25) is 0 Å². The molecule has 19 heavy (non-hydrogen) atoms. The second-order valence-corrected chi connectivity index (χ2v) is 4.58. The van der Waals surface area contributed by atoms with Gasteiger partial charge in [-0.1, -0.05) is 19.1 Å². The summed E-state index contributed by atoms with van der Waals surface area (Å²) in [6.45, 7) is 2.48. The van der Waals surface area contributed by atoms with Crippen LogP contribution in [-0.2, 0) is 16.0 Å². The minimum Gasteiger partial charge on any atom is -0.493 e. The second kappa shape index (κ2) is 7.76. The minimum atomic E-state index is -0.647. The van der Waals surface area contributed by atoms with Crippen LogP contribution >= 0.6 is 0 Å². The van der Waals surface area contributed by atoms with Crippen molar-refractivity contribution in [2.75, 3.05) is 20.3 Å². The molecule has 0 spiro atoms. The van der Waals surface area contributed by atoms with Crippen molar-refractivity contribution in [3.63, 3.8) is 0 Å². The fourth-order valence-electron chi connectivity index (χ4n) is 1.50. The molecule has 1 rings (SSSR count). The maximum atomic E-state index is 11.2. The van der Waals surface area contributed by atoms with Crippen molar-refractivity contribution < 1.29 is 19.4 Å². The Morgan fingerprint density at radius 3 is 2.53 bits per heavy atom. The number of hydrogen-bond acceptors (Lipinski definition) is 5. The first-order chi connectivity index (χ1) is 9.06. The molecule has 0 fully saturated rings. The van der Waals surface area contributed by atoms with Gasteiger partial charge in [0.1, 0.15) is 11.8 Å². The molecule has 0 aliphatic carbocycles. The topological polar surface area (TPSA) is 81.8 Å². The highest BCUT2D eigenvalue weighted by molar-refractivity contribution is 5.75. The molecule has 0 heterocycles. The van der Waals surface area contributed by atoms with E-state index >= 15 is 0 Å². The molecule has 0 bridgehead atoms. The van der Waals surface area contributed by atoms with Gasteiger partial charge in [0.15, 0.2) is 0 Å². The Morgan fingerprint density at radius 1 is 1.37 bits per heavy atom. The largest absolute Gasteiger partial charge is 0.493 e. The van der Waals surface area contributed by atoms with E-state index in [2.05, 4.69) is 4.74 Å². The summed E-state index contributed by atoms with van der Waals surface area (Å²) >= 11 is 0. The van der Waals surface area contributed by atoms with E-state index < -0.39 is 12.0 Å². The zero-order chi connectivity index (χ0) is 14.3. The Balaban J connectivity index is 2.49. The van der Waals surface area contributed by atoms with Gasteiger partial charge in [-0.15, -0.1) is 0 Å². The number of ether oxygens (including phenoxy) is 2. The van der Waals surface area contributed by atoms with Crippen molar-refractivity contribution in [1.82, 2.24) is 0 Å².